The lowest BCUT2D eigenvalue weighted by molar-refractivity contribution is 0.267. The summed E-state index contributed by atoms with van der Waals surface area (Å²) in [5.41, 5.74) is 0.893. The largest absolute Gasteiger partial charge is 0.494 e. The van der Waals surface area contributed by atoms with Crippen molar-refractivity contribution >= 4 is 5.69 Å². The van der Waals surface area contributed by atoms with Crippen LogP contribution in [0, 0.1) is 17.7 Å². The van der Waals surface area contributed by atoms with E-state index in [2.05, 4.69) is 19.2 Å². The minimum Gasteiger partial charge on any atom is -0.494 e. The summed E-state index contributed by atoms with van der Waals surface area (Å²) in [6, 6.07) is 5.12. The molecule has 1 fully saturated rings. The molecular formula is C15H22FNO. The van der Waals surface area contributed by atoms with Crippen LogP contribution in [0.15, 0.2) is 18.2 Å². The fraction of sp³-hybridized carbons (Fsp3) is 0.600. The minimum atomic E-state index is -0.262. The van der Waals surface area contributed by atoms with E-state index in [1.54, 1.807) is 13.2 Å². The van der Waals surface area contributed by atoms with Crippen molar-refractivity contribution in [2.75, 3.05) is 12.4 Å². The molecule has 1 saturated carbocycles. The Morgan fingerprint density at radius 2 is 1.89 bits per heavy atom. The highest BCUT2D eigenvalue weighted by atomic mass is 19.1. The predicted octanol–water partition coefficient (Wildman–Crippen LogP) is 4.07. The van der Waals surface area contributed by atoms with Gasteiger partial charge in [0.05, 0.1) is 12.8 Å². The molecule has 1 aliphatic rings. The standard InChI is InChI=1S/C15H22FNO/c1-10-5-4-6-11(2)15(10)17-13-8-7-12(16)9-14(13)18-3/h7-11,15,17H,4-6H2,1-3H3. The average molecular weight is 251 g/mol. The maximum absolute atomic E-state index is 13.2. The summed E-state index contributed by atoms with van der Waals surface area (Å²) in [7, 11) is 1.58. The second-order valence-electron chi connectivity index (χ2n) is 5.40. The Bertz CT molecular complexity index is 397. The molecule has 0 amide bonds. The van der Waals surface area contributed by atoms with E-state index in [0.717, 1.165) is 5.69 Å². The first-order valence-electron chi connectivity index (χ1n) is 6.72. The zero-order valence-corrected chi connectivity index (χ0v) is 11.4. The molecule has 0 radical (unpaired) electrons. The van der Waals surface area contributed by atoms with Gasteiger partial charge in [-0.05, 0) is 36.8 Å². The third kappa shape index (κ3) is 2.77. The highest BCUT2D eigenvalue weighted by Crippen LogP contribution is 2.34. The van der Waals surface area contributed by atoms with Crippen molar-refractivity contribution in [3.63, 3.8) is 0 Å². The summed E-state index contributed by atoms with van der Waals surface area (Å²) < 4.78 is 18.4. The van der Waals surface area contributed by atoms with Gasteiger partial charge in [-0.25, -0.2) is 4.39 Å². The van der Waals surface area contributed by atoms with E-state index >= 15 is 0 Å². The summed E-state index contributed by atoms with van der Waals surface area (Å²) in [6.45, 7) is 4.56. The smallest absolute Gasteiger partial charge is 0.144 e. The van der Waals surface area contributed by atoms with Crippen LogP contribution in [-0.4, -0.2) is 13.2 Å². The number of anilines is 1. The van der Waals surface area contributed by atoms with Crippen molar-refractivity contribution in [3.05, 3.63) is 24.0 Å². The molecule has 0 bridgehead atoms. The fourth-order valence-corrected chi connectivity index (χ4v) is 2.93. The van der Waals surface area contributed by atoms with Crippen LogP contribution in [0.4, 0.5) is 10.1 Å². The minimum absolute atomic E-state index is 0.262. The van der Waals surface area contributed by atoms with Crippen LogP contribution >= 0.6 is 0 Å². The number of nitrogens with one attached hydrogen (secondary N) is 1. The van der Waals surface area contributed by atoms with Gasteiger partial charge in [0.2, 0.25) is 0 Å². The fourth-order valence-electron chi connectivity index (χ4n) is 2.93. The zero-order chi connectivity index (χ0) is 13.1. The Labute approximate surface area is 109 Å². The van der Waals surface area contributed by atoms with Crippen molar-refractivity contribution in [2.24, 2.45) is 11.8 Å². The lowest BCUT2D eigenvalue weighted by atomic mass is 9.78. The van der Waals surface area contributed by atoms with Crippen molar-refractivity contribution in [1.82, 2.24) is 0 Å². The maximum Gasteiger partial charge on any atom is 0.144 e. The second kappa shape index (κ2) is 5.59. The molecule has 0 aliphatic heterocycles. The lowest BCUT2D eigenvalue weighted by Gasteiger charge is -2.36. The molecule has 0 aromatic heterocycles. The summed E-state index contributed by atoms with van der Waals surface area (Å²) in [5, 5.41) is 3.54. The molecule has 2 atom stereocenters. The third-order valence-corrected chi connectivity index (χ3v) is 4.03. The number of hydrogen-bond acceptors (Lipinski definition) is 2. The van der Waals surface area contributed by atoms with E-state index in [0.29, 0.717) is 23.6 Å². The van der Waals surface area contributed by atoms with Gasteiger partial charge in [0.1, 0.15) is 11.6 Å². The molecule has 2 unspecified atom stereocenters. The van der Waals surface area contributed by atoms with E-state index in [9.17, 15) is 4.39 Å². The van der Waals surface area contributed by atoms with Gasteiger partial charge in [-0.3, -0.25) is 0 Å². The summed E-state index contributed by atoms with van der Waals surface area (Å²) in [5.74, 6) is 1.61. The molecule has 0 saturated heterocycles. The SMILES string of the molecule is COc1cc(F)ccc1NC1C(C)CCCC1C. The van der Waals surface area contributed by atoms with Crippen molar-refractivity contribution in [3.8, 4) is 5.75 Å². The molecule has 18 heavy (non-hydrogen) atoms. The Balaban J connectivity index is 2.17. The van der Waals surface area contributed by atoms with E-state index in [1.807, 2.05) is 0 Å². The number of ether oxygens (including phenoxy) is 1. The molecule has 1 aromatic carbocycles. The van der Waals surface area contributed by atoms with E-state index in [4.69, 9.17) is 4.74 Å². The summed E-state index contributed by atoms with van der Waals surface area (Å²) >= 11 is 0. The van der Waals surface area contributed by atoms with Crippen LogP contribution in [0.25, 0.3) is 0 Å². The second-order valence-corrected chi connectivity index (χ2v) is 5.40. The van der Waals surface area contributed by atoms with Crippen LogP contribution < -0.4 is 10.1 Å². The van der Waals surface area contributed by atoms with Crippen LogP contribution in [0.2, 0.25) is 0 Å². The first-order valence-corrected chi connectivity index (χ1v) is 6.72. The Kier molecular flexibility index (Phi) is 4.10. The first-order chi connectivity index (χ1) is 8.61. The van der Waals surface area contributed by atoms with Gasteiger partial charge in [0, 0.05) is 12.1 Å². The molecule has 0 spiro atoms. The van der Waals surface area contributed by atoms with E-state index < -0.39 is 0 Å². The van der Waals surface area contributed by atoms with Gasteiger partial charge in [-0.2, -0.15) is 0 Å². The molecule has 1 N–H and O–H groups in total. The number of methoxy groups -OCH3 is 1. The van der Waals surface area contributed by atoms with Crippen LogP contribution in [0.3, 0.4) is 0 Å². The topological polar surface area (TPSA) is 21.3 Å². The van der Waals surface area contributed by atoms with Crippen molar-refractivity contribution < 1.29 is 9.13 Å². The van der Waals surface area contributed by atoms with Crippen LogP contribution in [-0.2, 0) is 0 Å². The molecule has 0 heterocycles. The average Bonchev–Trinajstić information content (AvgIpc) is 2.35. The van der Waals surface area contributed by atoms with Gasteiger partial charge in [0.15, 0.2) is 0 Å². The van der Waals surface area contributed by atoms with Crippen molar-refractivity contribution in [2.45, 2.75) is 39.2 Å². The Morgan fingerprint density at radius 3 is 2.50 bits per heavy atom. The summed E-state index contributed by atoms with van der Waals surface area (Å²) in [4.78, 5) is 0. The number of hydrogen-bond donors (Lipinski definition) is 1. The Morgan fingerprint density at radius 1 is 1.22 bits per heavy atom. The van der Waals surface area contributed by atoms with Gasteiger partial charge in [0.25, 0.3) is 0 Å². The van der Waals surface area contributed by atoms with E-state index in [-0.39, 0.29) is 5.82 Å². The zero-order valence-electron chi connectivity index (χ0n) is 11.4. The molecular weight excluding hydrogens is 229 g/mol. The molecule has 2 rings (SSSR count). The maximum atomic E-state index is 13.2. The first kappa shape index (κ1) is 13.2. The highest BCUT2D eigenvalue weighted by molar-refractivity contribution is 5.57. The molecule has 1 aromatic rings. The van der Waals surface area contributed by atoms with Crippen LogP contribution in [0.1, 0.15) is 33.1 Å². The highest BCUT2D eigenvalue weighted by Gasteiger charge is 2.28. The summed E-state index contributed by atoms with van der Waals surface area (Å²) in [6.07, 6.45) is 3.82. The van der Waals surface area contributed by atoms with Gasteiger partial charge in [-0.15, -0.1) is 0 Å². The quantitative estimate of drug-likeness (QED) is 0.874. The Hall–Kier alpha value is -1.25. The number of benzene rings is 1. The molecule has 100 valence electrons. The van der Waals surface area contributed by atoms with Gasteiger partial charge in [-0.1, -0.05) is 20.3 Å². The molecule has 3 heteroatoms. The monoisotopic (exact) mass is 251 g/mol. The van der Waals surface area contributed by atoms with Gasteiger partial charge < -0.3 is 10.1 Å². The lowest BCUT2D eigenvalue weighted by Crippen LogP contribution is -2.37. The molecule has 1 aliphatic carbocycles. The van der Waals surface area contributed by atoms with Crippen LogP contribution in [0.5, 0.6) is 5.75 Å². The molecule has 2 nitrogen and oxygen atoms in total. The number of halogens is 1. The van der Waals surface area contributed by atoms with Crippen molar-refractivity contribution in [1.29, 1.82) is 0 Å². The number of rotatable bonds is 3. The third-order valence-electron chi connectivity index (χ3n) is 4.03. The predicted molar refractivity (Wildman–Crippen MR) is 72.5 cm³/mol. The van der Waals surface area contributed by atoms with E-state index in [1.165, 1.54) is 31.4 Å². The van der Waals surface area contributed by atoms with Gasteiger partial charge >= 0.3 is 0 Å². The normalized spacial score (nSPS) is 27.9.